The van der Waals surface area contributed by atoms with E-state index < -0.39 is 12.2 Å². The number of carbonyl (C=O) groups is 2. The van der Waals surface area contributed by atoms with Gasteiger partial charge in [-0.3, -0.25) is 9.80 Å². The first-order chi connectivity index (χ1) is 18.0. The smallest absolute Gasteiger partial charge is 0.420 e. The van der Waals surface area contributed by atoms with E-state index in [1.807, 2.05) is 49.4 Å². The minimum atomic E-state index is -0.517. The van der Waals surface area contributed by atoms with E-state index in [9.17, 15) is 9.59 Å². The van der Waals surface area contributed by atoms with Gasteiger partial charge in [0.15, 0.2) is 11.5 Å². The summed E-state index contributed by atoms with van der Waals surface area (Å²) in [5.41, 5.74) is 2.30. The summed E-state index contributed by atoms with van der Waals surface area (Å²) in [4.78, 5) is 30.0. The van der Waals surface area contributed by atoms with Gasteiger partial charge in [0.05, 0.1) is 32.6 Å². The fraction of sp³-hybridized carbons (Fsp3) is 0.310. The molecule has 4 rings (SSSR count). The highest BCUT2D eigenvalue weighted by Crippen LogP contribution is 2.46. The van der Waals surface area contributed by atoms with Crippen molar-refractivity contribution in [1.29, 1.82) is 0 Å². The Kier molecular flexibility index (Phi) is 8.18. The van der Waals surface area contributed by atoms with Gasteiger partial charge in [-0.2, -0.15) is 0 Å². The molecule has 0 N–H and O–H groups in total. The molecule has 0 fully saturated rings. The van der Waals surface area contributed by atoms with Gasteiger partial charge >= 0.3 is 12.2 Å². The van der Waals surface area contributed by atoms with Crippen LogP contribution in [0.5, 0.6) is 17.2 Å². The van der Waals surface area contributed by atoms with Crippen LogP contribution in [0.2, 0.25) is 0 Å². The van der Waals surface area contributed by atoms with Crippen LogP contribution < -0.4 is 19.1 Å². The highest BCUT2D eigenvalue weighted by atomic mass is 16.6. The zero-order chi connectivity index (χ0) is 26.4. The molecule has 2 atom stereocenters. The average Bonchev–Trinajstić information content (AvgIpc) is 2.91. The molecule has 0 unspecified atom stereocenters. The van der Waals surface area contributed by atoms with Crippen molar-refractivity contribution in [3.63, 3.8) is 0 Å². The summed E-state index contributed by atoms with van der Waals surface area (Å²) in [5, 5.41) is 0. The molecule has 3 aromatic carbocycles. The van der Waals surface area contributed by atoms with Crippen molar-refractivity contribution in [3.05, 3.63) is 83.9 Å². The van der Waals surface area contributed by atoms with Crippen molar-refractivity contribution in [2.45, 2.75) is 38.9 Å². The number of ether oxygens (including phenoxy) is 4. The molecule has 0 aliphatic carbocycles. The Morgan fingerprint density at radius 1 is 0.946 bits per heavy atom. The summed E-state index contributed by atoms with van der Waals surface area (Å²) in [6.07, 6.45) is -0.473. The van der Waals surface area contributed by atoms with Gasteiger partial charge in [0.25, 0.3) is 0 Å². The van der Waals surface area contributed by atoms with Crippen LogP contribution in [0.25, 0.3) is 0 Å². The van der Waals surface area contributed by atoms with Gasteiger partial charge in [-0.15, -0.1) is 0 Å². The average molecular weight is 505 g/mol. The van der Waals surface area contributed by atoms with Crippen molar-refractivity contribution in [2.75, 3.05) is 25.7 Å². The van der Waals surface area contributed by atoms with Crippen molar-refractivity contribution >= 4 is 17.9 Å². The van der Waals surface area contributed by atoms with Crippen molar-refractivity contribution in [1.82, 2.24) is 4.90 Å². The van der Waals surface area contributed by atoms with Crippen molar-refractivity contribution < 1.29 is 28.5 Å². The number of carbonyl (C=O) groups excluding carboxylic acids is 2. The number of hydrogen-bond donors (Lipinski definition) is 0. The third-order valence-corrected chi connectivity index (χ3v) is 6.38. The van der Waals surface area contributed by atoms with Gasteiger partial charge in [0, 0.05) is 24.2 Å². The van der Waals surface area contributed by atoms with Crippen LogP contribution in [0, 0.1) is 0 Å². The maximum Gasteiger partial charge on any atom is 0.420 e. The Hall–Kier alpha value is -4.20. The Morgan fingerprint density at radius 2 is 1.57 bits per heavy atom. The Morgan fingerprint density at radius 3 is 2.19 bits per heavy atom. The Labute approximate surface area is 217 Å². The van der Waals surface area contributed by atoms with E-state index in [0.29, 0.717) is 35.9 Å². The highest BCUT2D eigenvalue weighted by Gasteiger charge is 2.40. The standard InChI is InChI=1S/C29H32N2O6/c1-5-36-28(32)30(19-21-12-8-6-9-13-21)24-16-20(2)31(29(33)37-22-14-10-7-11-15-22)25-18-27(35-4)26(34-3)17-23(24)25/h6-15,17-18,20,24H,5,16,19H2,1-4H3/t20-,24+/m1/s1. The minimum Gasteiger partial charge on any atom is -0.493 e. The topological polar surface area (TPSA) is 77.5 Å². The fourth-order valence-electron chi connectivity index (χ4n) is 4.65. The predicted molar refractivity (Wildman–Crippen MR) is 140 cm³/mol. The zero-order valence-corrected chi connectivity index (χ0v) is 21.5. The number of methoxy groups -OCH3 is 2. The first kappa shape index (κ1) is 25.9. The van der Waals surface area contributed by atoms with Crippen LogP contribution >= 0.6 is 0 Å². The number of nitrogens with zero attached hydrogens (tertiary/aromatic N) is 2. The molecule has 0 saturated heterocycles. The van der Waals surface area contributed by atoms with Gasteiger partial charge < -0.3 is 18.9 Å². The maximum atomic E-state index is 13.4. The summed E-state index contributed by atoms with van der Waals surface area (Å²) in [6.45, 7) is 4.32. The number of rotatable bonds is 7. The fourth-order valence-corrected chi connectivity index (χ4v) is 4.65. The lowest BCUT2D eigenvalue weighted by Crippen LogP contribution is -2.48. The number of benzene rings is 3. The van der Waals surface area contributed by atoms with E-state index in [4.69, 9.17) is 18.9 Å². The van der Waals surface area contributed by atoms with Crippen LogP contribution in [0.15, 0.2) is 72.8 Å². The van der Waals surface area contributed by atoms with E-state index in [0.717, 1.165) is 11.1 Å². The largest absolute Gasteiger partial charge is 0.493 e. The Bertz CT molecular complexity index is 1220. The molecule has 1 heterocycles. The van der Waals surface area contributed by atoms with E-state index in [-0.39, 0.29) is 18.7 Å². The molecule has 1 aliphatic rings. The number of fused-ring (bicyclic) bond motifs is 1. The van der Waals surface area contributed by atoms with E-state index in [1.54, 1.807) is 61.3 Å². The monoisotopic (exact) mass is 504 g/mol. The predicted octanol–water partition coefficient (Wildman–Crippen LogP) is 6.20. The Balaban J connectivity index is 1.79. The number of para-hydroxylation sites is 1. The highest BCUT2D eigenvalue weighted by molar-refractivity contribution is 5.92. The molecule has 1 aliphatic heterocycles. The molecule has 8 nitrogen and oxygen atoms in total. The van der Waals surface area contributed by atoms with Gasteiger partial charge in [0.1, 0.15) is 5.75 Å². The van der Waals surface area contributed by atoms with E-state index >= 15 is 0 Å². The van der Waals surface area contributed by atoms with E-state index in [1.165, 1.54) is 0 Å². The summed E-state index contributed by atoms with van der Waals surface area (Å²) in [5.74, 6) is 1.42. The second-order valence-corrected chi connectivity index (χ2v) is 8.73. The molecule has 0 radical (unpaired) electrons. The summed E-state index contributed by atoms with van der Waals surface area (Å²) in [7, 11) is 3.10. The lowest BCUT2D eigenvalue weighted by Gasteiger charge is -2.42. The molecular formula is C29H32N2O6. The van der Waals surface area contributed by atoms with Gasteiger partial charge in [-0.05, 0) is 44.0 Å². The molecule has 3 aromatic rings. The molecule has 0 spiro atoms. The van der Waals surface area contributed by atoms with Crippen LogP contribution in [-0.2, 0) is 11.3 Å². The SMILES string of the molecule is CCOC(=O)N(Cc1ccccc1)[C@H]1C[C@@H](C)N(C(=O)Oc2ccccc2)c2cc(OC)c(OC)cc21. The first-order valence-electron chi connectivity index (χ1n) is 12.3. The third kappa shape index (κ3) is 5.63. The maximum absolute atomic E-state index is 13.4. The summed E-state index contributed by atoms with van der Waals surface area (Å²) < 4.78 is 22.3. The summed E-state index contributed by atoms with van der Waals surface area (Å²) in [6, 6.07) is 21.6. The van der Waals surface area contributed by atoms with Crippen LogP contribution in [0.3, 0.4) is 0 Å². The molecule has 0 saturated carbocycles. The molecule has 2 amide bonds. The van der Waals surface area contributed by atoms with Crippen LogP contribution in [0.4, 0.5) is 15.3 Å². The quantitative estimate of drug-likeness (QED) is 0.381. The minimum absolute atomic E-state index is 0.251. The van der Waals surface area contributed by atoms with Gasteiger partial charge in [-0.25, -0.2) is 9.59 Å². The van der Waals surface area contributed by atoms with Crippen molar-refractivity contribution in [3.8, 4) is 17.2 Å². The second-order valence-electron chi connectivity index (χ2n) is 8.73. The lowest BCUT2D eigenvalue weighted by molar-refractivity contribution is 0.0813. The van der Waals surface area contributed by atoms with Crippen molar-refractivity contribution in [2.24, 2.45) is 0 Å². The third-order valence-electron chi connectivity index (χ3n) is 6.38. The van der Waals surface area contributed by atoms with Gasteiger partial charge in [-0.1, -0.05) is 48.5 Å². The lowest BCUT2D eigenvalue weighted by atomic mass is 9.90. The zero-order valence-electron chi connectivity index (χ0n) is 21.5. The molecule has 0 aromatic heterocycles. The molecule has 37 heavy (non-hydrogen) atoms. The van der Waals surface area contributed by atoms with Crippen LogP contribution in [0.1, 0.15) is 37.4 Å². The molecule has 8 heteroatoms. The number of amides is 2. The molecular weight excluding hydrogens is 472 g/mol. The first-order valence-corrected chi connectivity index (χ1v) is 12.3. The second kappa shape index (κ2) is 11.7. The van der Waals surface area contributed by atoms with E-state index in [2.05, 4.69) is 0 Å². The normalized spacial score (nSPS) is 16.4. The van der Waals surface area contributed by atoms with Gasteiger partial charge in [0.2, 0.25) is 0 Å². The van der Waals surface area contributed by atoms with Crippen LogP contribution in [-0.4, -0.2) is 44.0 Å². The molecule has 194 valence electrons. The number of hydrogen-bond acceptors (Lipinski definition) is 6. The summed E-state index contributed by atoms with van der Waals surface area (Å²) >= 11 is 0. The molecule has 0 bridgehead atoms. The number of anilines is 1.